The van der Waals surface area contributed by atoms with E-state index in [-0.39, 0.29) is 0 Å². The molecule has 1 aliphatic rings. The summed E-state index contributed by atoms with van der Waals surface area (Å²) >= 11 is 0. The number of anilines is 1. The largest absolute Gasteiger partial charge is 0.489 e. The number of ether oxygens (including phenoxy) is 1. The predicted molar refractivity (Wildman–Crippen MR) is 128 cm³/mol. The molecule has 33 heavy (non-hydrogen) atoms. The fourth-order valence-corrected chi connectivity index (χ4v) is 5.49. The fraction of sp³-hybridized carbons (Fsp3) is 0.240. The van der Waals surface area contributed by atoms with Crippen molar-refractivity contribution in [3.8, 4) is 5.75 Å². The van der Waals surface area contributed by atoms with E-state index in [1.165, 1.54) is 19.1 Å². The number of imidazole rings is 1. The van der Waals surface area contributed by atoms with Gasteiger partial charge in [0, 0.05) is 31.9 Å². The van der Waals surface area contributed by atoms with Crippen LogP contribution in [0, 0.1) is 0 Å². The highest BCUT2D eigenvalue weighted by molar-refractivity contribution is 7.87. The second kappa shape index (κ2) is 8.88. The summed E-state index contributed by atoms with van der Waals surface area (Å²) in [5.74, 6) is 0.814. The molecule has 8 heteroatoms. The molecular weight excluding hydrogens is 436 g/mol. The van der Waals surface area contributed by atoms with E-state index in [0.717, 1.165) is 17.0 Å². The zero-order chi connectivity index (χ0) is 22.8. The molecule has 0 aliphatic carbocycles. The second-order valence-corrected chi connectivity index (χ2v) is 10.1. The van der Waals surface area contributed by atoms with Crippen LogP contribution in [0.25, 0.3) is 10.8 Å². The van der Waals surface area contributed by atoms with Crippen molar-refractivity contribution >= 4 is 26.7 Å². The molecule has 1 aliphatic heterocycles. The molecule has 1 fully saturated rings. The number of rotatable bonds is 6. The lowest BCUT2D eigenvalue weighted by Crippen LogP contribution is -2.50. The standard InChI is InChI=1S/C25H27N4O3S/c1-26-12-15-29(20-26)33(30,31)28-16-13-27(14-17-28)24-8-10-25(11-9-24)32-19-21-6-7-22-4-2-3-5-23(22)18-21/h2-12,15,18,20H,13-14,16-17,19H2,1H3/q+1. The van der Waals surface area contributed by atoms with E-state index >= 15 is 0 Å². The quantitative estimate of drug-likeness (QED) is 0.413. The lowest BCUT2D eigenvalue weighted by atomic mass is 10.1. The maximum atomic E-state index is 12.8. The van der Waals surface area contributed by atoms with Crippen molar-refractivity contribution < 1.29 is 17.7 Å². The van der Waals surface area contributed by atoms with Gasteiger partial charge in [-0.25, -0.2) is 4.57 Å². The molecule has 4 aromatic rings. The van der Waals surface area contributed by atoms with Crippen LogP contribution in [0.5, 0.6) is 5.75 Å². The van der Waals surface area contributed by atoms with E-state index < -0.39 is 10.2 Å². The molecule has 2 heterocycles. The van der Waals surface area contributed by atoms with Crippen LogP contribution in [-0.4, -0.2) is 42.9 Å². The first-order valence-corrected chi connectivity index (χ1v) is 12.4. The van der Waals surface area contributed by atoms with Crippen LogP contribution in [0.2, 0.25) is 0 Å². The molecule has 0 atom stereocenters. The maximum Gasteiger partial charge on any atom is 0.379 e. The minimum Gasteiger partial charge on any atom is -0.489 e. The summed E-state index contributed by atoms with van der Waals surface area (Å²) in [6.45, 7) is 2.70. The van der Waals surface area contributed by atoms with Crippen LogP contribution in [0.3, 0.4) is 0 Å². The summed E-state index contributed by atoms with van der Waals surface area (Å²) in [5, 5.41) is 2.43. The van der Waals surface area contributed by atoms with Crippen LogP contribution in [0.4, 0.5) is 5.69 Å². The van der Waals surface area contributed by atoms with Crippen molar-refractivity contribution in [2.45, 2.75) is 6.61 Å². The molecule has 5 rings (SSSR count). The molecule has 1 saturated heterocycles. The Kier molecular flexibility index (Phi) is 5.78. The number of hydrogen-bond acceptors (Lipinski definition) is 4. The number of hydrogen-bond donors (Lipinski definition) is 0. The van der Waals surface area contributed by atoms with E-state index in [0.29, 0.717) is 32.8 Å². The van der Waals surface area contributed by atoms with Gasteiger partial charge in [-0.15, -0.1) is 3.97 Å². The fourth-order valence-electron chi connectivity index (χ4n) is 4.12. The van der Waals surface area contributed by atoms with E-state index in [1.807, 2.05) is 36.4 Å². The first-order chi connectivity index (χ1) is 16.0. The van der Waals surface area contributed by atoms with Gasteiger partial charge >= 0.3 is 10.2 Å². The van der Waals surface area contributed by atoms with Gasteiger partial charge in [-0.2, -0.15) is 12.7 Å². The topological polar surface area (TPSA) is 58.7 Å². The van der Waals surface area contributed by atoms with Gasteiger partial charge in [0.05, 0.1) is 7.05 Å². The SMILES string of the molecule is C[n+]1ccn(S(=O)(=O)N2CCN(c3ccc(OCc4ccc5ccccc5c4)cc3)CC2)c1. The van der Waals surface area contributed by atoms with E-state index in [4.69, 9.17) is 4.74 Å². The lowest BCUT2D eigenvalue weighted by Gasteiger charge is -2.34. The molecule has 0 amide bonds. The third kappa shape index (κ3) is 4.58. The molecule has 170 valence electrons. The molecule has 0 bridgehead atoms. The average molecular weight is 464 g/mol. The Morgan fingerprint density at radius 3 is 2.33 bits per heavy atom. The summed E-state index contributed by atoms with van der Waals surface area (Å²) < 4.78 is 36.1. The summed E-state index contributed by atoms with van der Waals surface area (Å²) in [5.41, 5.74) is 2.20. The minimum atomic E-state index is -3.52. The molecule has 7 nitrogen and oxygen atoms in total. The zero-order valence-electron chi connectivity index (χ0n) is 18.5. The number of benzene rings is 3. The highest BCUT2D eigenvalue weighted by Crippen LogP contribution is 2.23. The van der Waals surface area contributed by atoms with Crippen molar-refractivity contribution in [2.24, 2.45) is 7.05 Å². The Morgan fingerprint density at radius 2 is 1.64 bits per heavy atom. The molecule has 0 spiro atoms. The van der Waals surface area contributed by atoms with Crippen molar-refractivity contribution in [1.82, 2.24) is 8.28 Å². The predicted octanol–water partition coefficient (Wildman–Crippen LogP) is 2.96. The van der Waals surface area contributed by atoms with E-state index in [9.17, 15) is 8.42 Å². The van der Waals surface area contributed by atoms with Gasteiger partial charge < -0.3 is 9.64 Å². The van der Waals surface area contributed by atoms with Gasteiger partial charge in [-0.05, 0) is 46.7 Å². The molecule has 0 radical (unpaired) electrons. The van der Waals surface area contributed by atoms with E-state index in [2.05, 4.69) is 35.2 Å². The van der Waals surface area contributed by atoms with Gasteiger partial charge in [-0.3, -0.25) is 0 Å². The van der Waals surface area contributed by atoms with Gasteiger partial charge in [0.25, 0.3) is 6.33 Å². The molecule has 0 saturated carbocycles. The minimum absolute atomic E-state index is 0.449. The van der Waals surface area contributed by atoms with Gasteiger partial charge in [0.2, 0.25) is 0 Å². The smallest absolute Gasteiger partial charge is 0.379 e. The third-order valence-corrected chi connectivity index (χ3v) is 7.76. The van der Waals surface area contributed by atoms with Crippen molar-refractivity contribution in [1.29, 1.82) is 0 Å². The normalized spacial score (nSPS) is 15.1. The van der Waals surface area contributed by atoms with Crippen LogP contribution in [0.1, 0.15) is 5.56 Å². The molecule has 1 aromatic heterocycles. The Morgan fingerprint density at radius 1 is 0.909 bits per heavy atom. The lowest BCUT2D eigenvalue weighted by molar-refractivity contribution is -0.670. The van der Waals surface area contributed by atoms with Gasteiger partial charge in [-0.1, -0.05) is 36.4 Å². The van der Waals surface area contributed by atoms with Crippen LogP contribution < -0.4 is 14.2 Å². The van der Waals surface area contributed by atoms with Crippen LogP contribution in [0.15, 0.2) is 85.5 Å². The Labute approximate surface area is 194 Å². The molecule has 3 aromatic carbocycles. The first-order valence-electron chi connectivity index (χ1n) is 11.0. The molecular formula is C25H27N4O3S+. The Bertz CT molecular complexity index is 1360. The number of aryl methyl sites for hydroxylation is 1. The van der Waals surface area contributed by atoms with Crippen LogP contribution >= 0.6 is 0 Å². The highest BCUT2D eigenvalue weighted by Gasteiger charge is 2.32. The second-order valence-electron chi connectivity index (χ2n) is 8.27. The average Bonchev–Trinajstić information content (AvgIpc) is 3.30. The third-order valence-electron chi connectivity index (χ3n) is 6.00. The number of aromatic nitrogens is 2. The maximum absolute atomic E-state index is 12.8. The number of nitrogens with zero attached hydrogens (tertiary/aromatic N) is 4. The summed E-state index contributed by atoms with van der Waals surface area (Å²) in [6, 6.07) is 22.7. The molecule has 0 unspecified atom stereocenters. The first kappa shape index (κ1) is 21.5. The van der Waals surface area contributed by atoms with Crippen molar-refractivity contribution in [2.75, 3.05) is 31.1 Å². The van der Waals surface area contributed by atoms with Crippen molar-refractivity contribution in [3.63, 3.8) is 0 Å². The van der Waals surface area contributed by atoms with Crippen molar-refractivity contribution in [3.05, 3.63) is 91.0 Å². The summed E-state index contributed by atoms with van der Waals surface area (Å²) in [7, 11) is -1.71. The monoisotopic (exact) mass is 463 g/mol. The highest BCUT2D eigenvalue weighted by atomic mass is 32.2. The van der Waals surface area contributed by atoms with Gasteiger partial charge in [0.15, 0.2) is 0 Å². The number of fused-ring (bicyclic) bond motifs is 1. The zero-order valence-corrected chi connectivity index (χ0v) is 19.4. The Hall–Kier alpha value is -3.36. The Balaban J connectivity index is 1.18. The van der Waals surface area contributed by atoms with Gasteiger partial charge in [0.1, 0.15) is 24.8 Å². The summed E-state index contributed by atoms with van der Waals surface area (Å²) in [4.78, 5) is 2.20. The van der Waals surface area contributed by atoms with Crippen LogP contribution in [-0.2, 0) is 23.9 Å². The molecule has 0 N–H and O–H groups in total. The summed E-state index contributed by atoms with van der Waals surface area (Å²) in [6.07, 6.45) is 4.86. The van der Waals surface area contributed by atoms with E-state index in [1.54, 1.807) is 30.3 Å². The number of piperazine rings is 1.